The Balaban J connectivity index is 4.30. The zero-order chi connectivity index (χ0) is 11.9. The maximum atomic E-state index is 10.8. The molecular weight excluding hydrogens is 192 g/mol. The standard InChI is InChI=1S/C12H20O3/c1-4-7-12(15,8-5-10(2)13)9-6-11(3)14/h4,7,15H,5-6,8-9H2,1-3H3. The number of ketones is 2. The van der Waals surface area contributed by atoms with Gasteiger partial charge in [0.2, 0.25) is 0 Å². The summed E-state index contributed by atoms with van der Waals surface area (Å²) < 4.78 is 0. The van der Waals surface area contributed by atoms with Crippen LogP contribution >= 0.6 is 0 Å². The van der Waals surface area contributed by atoms with Crippen molar-refractivity contribution < 1.29 is 14.7 Å². The van der Waals surface area contributed by atoms with Gasteiger partial charge in [-0.25, -0.2) is 0 Å². The molecule has 0 amide bonds. The van der Waals surface area contributed by atoms with Gasteiger partial charge in [-0.2, -0.15) is 0 Å². The summed E-state index contributed by atoms with van der Waals surface area (Å²) in [5.41, 5.74) is -1.01. The SMILES string of the molecule is CC=CC(O)(CCC(C)=O)CCC(C)=O. The second kappa shape index (κ2) is 6.51. The smallest absolute Gasteiger partial charge is 0.129 e. The Bertz CT molecular complexity index is 236. The van der Waals surface area contributed by atoms with Crippen molar-refractivity contribution in [2.75, 3.05) is 0 Å². The molecule has 0 saturated heterocycles. The van der Waals surface area contributed by atoms with Gasteiger partial charge in [0.1, 0.15) is 11.6 Å². The number of hydrogen-bond donors (Lipinski definition) is 1. The van der Waals surface area contributed by atoms with Gasteiger partial charge in [0.05, 0.1) is 5.60 Å². The first-order chi connectivity index (χ1) is 6.89. The average Bonchev–Trinajstić information content (AvgIpc) is 2.13. The van der Waals surface area contributed by atoms with Crippen molar-refractivity contribution in [1.29, 1.82) is 0 Å². The maximum Gasteiger partial charge on any atom is 0.129 e. The van der Waals surface area contributed by atoms with Gasteiger partial charge in [-0.3, -0.25) is 0 Å². The molecule has 0 atom stereocenters. The van der Waals surface area contributed by atoms with Gasteiger partial charge in [-0.15, -0.1) is 0 Å². The Morgan fingerprint density at radius 1 is 1.13 bits per heavy atom. The monoisotopic (exact) mass is 212 g/mol. The number of carbonyl (C=O) groups is 2. The van der Waals surface area contributed by atoms with Crippen LogP contribution in [0, 0.1) is 0 Å². The van der Waals surface area contributed by atoms with E-state index in [9.17, 15) is 14.7 Å². The highest BCUT2D eigenvalue weighted by Gasteiger charge is 2.23. The number of allylic oxidation sites excluding steroid dienone is 1. The second-order valence-electron chi connectivity index (χ2n) is 4.01. The van der Waals surface area contributed by atoms with Gasteiger partial charge < -0.3 is 14.7 Å². The minimum absolute atomic E-state index is 0.0563. The minimum atomic E-state index is -1.01. The van der Waals surface area contributed by atoms with Crippen LogP contribution in [0.5, 0.6) is 0 Å². The lowest BCUT2D eigenvalue weighted by Crippen LogP contribution is -2.27. The fourth-order valence-corrected chi connectivity index (χ4v) is 1.39. The molecule has 0 aliphatic carbocycles. The number of rotatable bonds is 7. The molecule has 0 aromatic rings. The molecule has 0 fully saturated rings. The third-order valence-electron chi connectivity index (χ3n) is 2.30. The summed E-state index contributed by atoms with van der Waals surface area (Å²) in [6.07, 6.45) is 4.89. The Hall–Kier alpha value is -0.960. The summed E-state index contributed by atoms with van der Waals surface area (Å²) >= 11 is 0. The van der Waals surface area contributed by atoms with Crippen LogP contribution in [0.15, 0.2) is 12.2 Å². The van der Waals surface area contributed by atoms with Crippen LogP contribution in [0.4, 0.5) is 0 Å². The van der Waals surface area contributed by atoms with Crippen molar-refractivity contribution in [2.45, 2.75) is 52.1 Å². The molecule has 0 radical (unpaired) electrons. The molecule has 86 valence electrons. The Kier molecular flexibility index (Phi) is 6.09. The molecule has 3 nitrogen and oxygen atoms in total. The van der Waals surface area contributed by atoms with E-state index in [0.717, 1.165) is 0 Å². The Labute approximate surface area is 91.2 Å². The quantitative estimate of drug-likeness (QED) is 0.657. The van der Waals surface area contributed by atoms with Crippen LogP contribution in [0.25, 0.3) is 0 Å². The third kappa shape index (κ3) is 7.03. The van der Waals surface area contributed by atoms with Crippen molar-refractivity contribution >= 4 is 11.6 Å². The van der Waals surface area contributed by atoms with Crippen molar-refractivity contribution in [3.8, 4) is 0 Å². The predicted octanol–water partition coefficient (Wildman–Crippen LogP) is 2.03. The van der Waals surface area contributed by atoms with Gasteiger partial charge in [0.15, 0.2) is 0 Å². The summed E-state index contributed by atoms with van der Waals surface area (Å²) in [7, 11) is 0. The number of Topliss-reactive ketones (excluding diaryl/α,β-unsaturated/α-hetero) is 2. The summed E-state index contributed by atoms with van der Waals surface area (Å²) in [4.78, 5) is 21.7. The molecule has 0 aliphatic rings. The lowest BCUT2D eigenvalue weighted by Gasteiger charge is -2.23. The molecule has 0 aromatic carbocycles. The molecule has 0 aromatic heterocycles. The Morgan fingerprint density at radius 2 is 1.53 bits per heavy atom. The van der Waals surface area contributed by atoms with Gasteiger partial charge in [0.25, 0.3) is 0 Å². The molecule has 3 heteroatoms. The van der Waals surface area contributed by atoms with E-state index in [4.69, 9.17) is 0 Å². The molecule has 0 aliphatic heterocycles. The second-order valence-corrected chi connectivity index (χ2v) is 4.01. The first-order valence-electron chi connectivity index (χ1n) is 5.25. The molecule has 15 heavy (non-hydrogen) atoms. The highest BCUT2D eigenvalue weighted by atomic mass is 16.3. The summed E-state index contributed by atoms with van der Waals surface area (Å²) in [6, 6.07) is 0. The van der Waals surface area contributed by atoms with Crippen LogP contribution < -0.4 is 0 Å². The van der Waals surface area contributed by atoms with Crippen LogP contribution in [-0.2, 0) is 9.59 Å². The lowest BCUT2D eigenvalue weighted by molar-refractivity contribution is -0.118. The number of aliphatic hydroxyl groups is 1. The summed E-state index contributed by atoms with van der Waals surface area (Å²) in [6.45, 7) is 4.81. The largest absolute Gasteiger partial charge is 0.386 e. The number of carbonyl (C=O) groups excluding carboxylic acids is 2. The lowest BCUT2D eigenvalue weighted by atomic mass is 9.90. The first-order valence-corrected chi connectivity index (χ1v) is 5.25. The molecule has 0 heterocycles. The molecule has 0 bridgehead atoms. The summed E-state index contributed by atoms with van der Waals surface area (Å²) in [5.74, 6) is 0.113. The molecular formula is C12H20O3. The highest BCUT2D eigenvalue weighted by Crippen LogP contribution is 2.21. The predicted molar refractivity (Wildman–Crippen MR) is 59.6 cm³/mol. The van der Waals surface area contributed by atoms with E-state index in [0.29, 0.717) is 25.7 Å². The first kappa shape index (κ1) is 14.0. The van der Waals surface area contributed by atoms with Crippen molar-refractivity contribution in [1.82, 2.24) is 0 Å². The fraction of sp³-hybridized carbons (Fsp3) is 0.667. The van der Waals surface area contributed by atoms with Crippen molar-refractivity contribution in [3.05, 3.63) is 12.2 Å². The summed E-state index contributed by atoms with van der Waals surface area (Å²) in [5, 5.41) is 10.1. The van der Waals surface area contributed by atoms with Gasteiger partial charge in [-0.1, -0.05) is 12.2 Å². The minimum Gasteiger partial charge on any atom is -0.386 e. The molecule has 1 N–H and O–H groups in total. The molecule has 0 rings (SSSR count). The van der Waals surface area contributed by atoms with E-state index in [2.05, 4.69) is 0 Å². The van der Waals surface area contributed by atoms with Crippen molar-refractivity contribution in [3.63, 3.8) is 0 Å². The van der Waals surface area contributed by atoms with E-state index in [1.807, 2.05) is 6.92 Å². The molecule has 0 spiro atoms. The highest BCUT2D eigenvalue weighted by molar-refractivity contribution is 5.76. The van der Waals surface area contributed by atoms with Crippen LogP contribution in [-0.4, -0.2) is 22.3 Å². The third-order valence-corrected chi connectivity index (χ3v) is 2.30. The van der Waals surface area contributed by atoms with Crippen LogP contribution in [0.1, 0.15) is 46.5 Å². The topological polar surface area (TPSA) is 54.4 Å². The molecule has 0 saturated carbocycles. The van der Waals surface area contributed by atoms with Gasteiger partial charge in [0, 0.05) is 12.8 Å². The average molecular weight is 212 g/mol. The van der Waals surface area contributed by atoms with Crippen molar-refractivity contribution in [2.24, 2.45) is 0 Å². The zero-order valence-electron chi connectivity index (χ0n) is 9.75. The van der Waals surface area contributed by atoms with E-state index < -0.39 is 5.60 Å². The normalized spacial score (nSPS) is 12.0. The molecule has 0 unspecified atom stereocenters. The number of hydrogen-bond acceptors (Lipinski definition) is 3. The van der Waals surface area contributed by atoms with E-state index in [1.165, 1.54) is 13.8 Å². The van der Waals surface area contributed by atoms with Crippen LogP contribution in [0.2, 0.25) is 0 Å². The maximum absolute atomic E-state index is 10.8. The van der Waals surface area contributed by atoms with Gasteiger partial charge in [-0.05, 0) is 33.6 Å². The Morgan fingerprint density at radius 3 is 1.80 bits per heavy atom. The van der Waals surface area contributed by atoms with E-state index in [1.54, 1.807) is 12.2 Å². The van der Waals surface area contributed by atoms with E-state index in [-0.39, 0.29) is 11.6 Å². The zero-order valence-corrected chi connectivity index (χ0v) is 9.75. The fourth-order valence-electron chi connectivity index (χ4n) is 1.39. The van der Waals surface area contributed by atoms with E-state index >= 15 is 0 Å². The van der Waals surface area contributed by atoms with Crippen LogP contribution in [0.3, 0.4) is 0 Å². The van der Waals surface area contributed by atoms with Gasteiger partial charge >= 0.3 is 0 Å².